The van der Waals surface area contributed by atoms with Gasteiger partial charge in [0.15, 0.2) is 5.96 Å². The van der Waals surface area contributed by atoms with Gasteiger partial charge in [0.1, 0.15) is 0 Å². The van der Waals surface area contributed by atoms with E-state index in [1.54, 1.807) is 18.9 Å². The Morgan fingerprint density at radius 2 is 1.96 bits per heavy atom. The number of halogens is 1. The van der Waals surface area contributed by atoms with Crippen molar-refractivity contribution in [2.75, 3.05) is 33.1 Å². The molecule has 6 heteroatoms. The second kappa shape index (κ2) is 12.0. The summed E-state index contributed by atoms with van der Waals surface area (Å²) in [6, 6.07) is 8.63. The van der Waals surface area contributed by atoms with Gasteiger partial charge in [-0.1, -0.05) is 18.6 Å². The van der Waals surface area contributed by atoms with Gasteiger partial charge >= 0.3 is 0 Å². The molecule has 142 valence electrons. The quantitative estimate of drug-likeness (QED) is 0.241. The van der Waals surface area contributed by atoms with E-state index in [1.165, 1.54) is 29.7 Å². The molecule has 0 spiro atoms. The maximum Gasteiger partial charge on any atom is 0.191 e. The van der Waals surface area contributed by atoms with E-state index in [1.807, 2.05) is 0 Å². The van der Waals surface area contributed by atoms with Crippen molar-refractivity contribution < 1.29 is 4.74 Å². The Hall–Kier alpha value is -0.470. The average molecular weight is 477 g/mol. The van der Waals surface area contributed by atoms with Crippen LogP contribution < -0.4 is 10.6 Å². The number of hydrogen-bond donors (Lipinski definition) is 2. The van der Waals surface area contributed by atoms with Crippen molar-refractivity contribution in [3.05, 3.63) is 29.8 Å². The highest BCUT2D eigenvalue weighted by Crippen LogP contribution is 2.43. The molecule has 1 aromatic rings. The van der Waals surface area contributed by atoms with E-state index >= 15 is 0 Å². The van der Waals surface area contributed by atoms with Crippen molar-refractivity contribution in [1.29, 1.82) is 0 Å². The lowest BCUT2D eigenvalue weighted by molar-refractivity contribution is 0.0732. The Labute approximate surface area is 174 Å². The number of thioether (sulfide) groups is 1. The summed E-state index contributed by atoms with van der Waals surface area (Å²) in [4.78, 5) is 6.03. The fraction of sp³-hybridized carbons (Fsp3) is 0.632. The average Bonchev–Trinajstić information content (AvgIpc) is 2.58. The number of guanidine groups is 1. The van der Waals surface area contributed by atoms with Gasteiger partial charge in [-0.25, -0.2) is 4.99 Å². The summed E-state index contributed by atoms with van der Waals surface area (Å²) >= 11 is 1.77. The molecule has 1 fully saturated rings. The Bertz CT molecular complexity index is 518. The zero-order valence-corrected chi connectivity index (χ0v) is 18.8. The van der Waals surface area contributed by atoms with Crippen LogP contribution in [0.25, 0.3) is 0 Å². The van der Waals surface area contributed by atoms with Crippen LogP contribution in [0.1, 0.15) is 38.2 Å². The van der Waals surface area contributed by atoms with Crippen LogP contribution in [0.5, 0.6) is 0 Å². The lowest BCUT2D eigenvalue weighted by Crippen LogP contribution is -2.46. The van der Waals surface area contributed by atoms with Crippen molar-refractivity contribution in [3.63, 3.8) is 0 Å². The summed E-state index contributed by atoms with van der Waals surface area (Å²) in [5, 5.41) is 6.90. The first kappa shape index (κ1) is 22.6. The first-order valence-corrected chi connectivity index (χ1v) is 10.1. The van der Waals surface area contributed by atoms with E-state index in [0.29, 0.717) is 12.0 Å². The summed E-state index contributed by atoms with van der Waals surface area (Å²) < 4.78 is 5.28. The van der Waals surface area contributed by atoms with Crippen LogP contribution in [0.4, 0.5) is 0 Å². The van der Waals surface area contributed by atoms with Crippen LogP contribution in [-0.4, -0.2) is 39.0 Å². The molecule has 0 unspecified atom stereocenters. The molecule has 0 amide bonds. The monoisotopic (exact) mass is 477 g/mol. The van der Waals surface area contributed by atoms with Crippen molar-refractivity contribution in [1.82, 2.24) is 10.6 Å². The highest BCUT2D eigenvalue weighted by Gasteiger charge is 2.36. The zero-order chi connectivity index (χ0) is 17.3. The lowest BCUT2D eigenvalue weighted by atomic mass is 9.67. The van der Waals surface area contributed by atoms with Gasteiger partial charge in [-0.2, -0.15) is 0 Å². The van der Waals surface area contributed by atoms with Crippen LogP contribution in [-0.2, 0) is 11.3 Å². The lowest BCUT2D eigenvalue weighted by Gasteiger charge is -2.42. The number of hydrogen-bond acceptors (Lipinski definition) is 3. The van der Waals surface area contributed by atoms with Gasteiger partial charge in [0.2, 0.25) is 0 Å². The summed E-state index contributed by atoms with van der Waals surface area (Å²) in [5.41, 5.74) is 1.63. The number of nitrogens with one attached hydrogen (secondary N) is 2. The number of ether oxygens (including phenoxy) is 1. The summed E-state index contributed by atoms with van der Waals surface area (Å²) in [7, 11) is 1.79. The molecule has 1 saturated carbocycles. The molecule has 0 bridgehead atoms. The number of methoxy groups -OCH3 is 1. The largest absolute Gasteiger partial charge is 0.385 e. The molecule has 1 aliphatic carbocycles. The number of rotatable bonds is 9. The minimum absolute atomic E-state index is 0. The van der Waals surface area contributed by atoms with E-state index in [4.69, 9.17) is 9.73 Å². The van der Waals surface area contributed by atoms with Crippen molar-refractivity contribution >= 4 is 41.7 Å². The second-order valence-electron chi connectivity index (χ2n) is 6.49. The third kappa shape index (κ3) is 7.35. The van der Waals surface area contributed by atoms with E-state index in [0.717, 1.165) is 32.1 Å². The molecule has 0 atom stereocenters. The molecule has 1 aliphatic rings. The smallest absolute Gasteiger partial charge is 0.191 e. The van der Waals surface area contributed by atoms with Crippen LogP contribution >= 0.6 is 35.7 Å². The molecular weight excluding hydrogens is 445 g/mol. The molecule has 0 aromatic heterocycles. The van der Waals surface area contributed by atoms with Crippen LogP contribution in [0.2, 0.25) is 0 Å². The normalized spacial score (nSPS) is 15.9. The summed E-state index contributed by atoms with van der Waals surface area (Å²) in [6.45, 7) is 5.51. The predicted molar refractivity (Wildman–Crippen MR) is 119 cm³/mol. The molecule has 1 aromatic carbocycles. The molecule has 2 N–H and O–H groups in total. The number of aliphatic imine (C=N–C) groups is 1. The topological polar surface area (TPSA) is 45.7 Å². The Morgan fingerprint density at radius 1 is 1.24 bits per heavy atom. The predicted octanol–water partition coefficient (Wildman–Crippen LogP) is 4.29. The fourth-order valence-electron chi connectivity index (χ4n) is 3.02. The maximum absolute atomic E-state index is 5.28. The minimum Gasteiger partial charge on any atom is -0.385 e. The molecule has 0 radical (unpaired) electrons. The summed E-state index contributed by atoms with van der Waals surface area (Å²) in [5.74, 6) is 0.912. The Morgan fingerprint density at radius 3 is 2.48 bits per heavy atom. The van der Waals surface area contributed by atoms with Crippen molar-refractivity contribution in [2.24, 2.45) is 10.4 Å². The van der Waals surface area contributed by atoms with E-state index in [-0.39, 0.29) is 24.0 Å². The van der Waals surface area contributed by atoms with E-state index in [2.05, 4.69) is 48.1 Å². The highest BCUT2D eigenvalue weighted by atomic mass is 127. The van der Waals surface area contributed by atoms with Gasteiger partial charge in [-0.05, 0) is 55.6 Å². The minimum atomic E-state index is 0. The van der Waals surface area contributed by atoms with Crippen LogP contribution in [0, 0.1) is 5.41 Å². The zero-order valence-electron chi connectivity index (χ0n) is 15.6. The van der Waals surface area contributed by atoms with Gasteiger partial charge in [0.05, 0.1) is 6.54 Å². The fourth-order valence-corrected chi connectivity index (χ4v) is 3.43. The number of nitrogens with zero attached hydrogens (tertiary/aromatic N) is 1. The Kier molecular flexibility index (Phi) is 10.8. The van der Waals surface area contributed by atoms with Gasteiger partial charge in [0, 0.05) is 31.7 Å². The van der Waals surface area contributed by atoms with E-state index in [9.17, 15) is 0 Å². The van der Waals surface area contributed by atoms with Gasteiger partial charge in [0.25, 0.3) is 0 Å². The van der Waals surface area contributed by atoms with Crippen LogP contribution in [0.15, 0.2) is 34.2 Å². The molecule has 0 heterocycles. The standard InChI is InChI=1S/C19H31N3OS.HI/c1-4-20-18(21-14-16-6-8-17(24-3)9-7-16)22-15-19(10-5-11-19)12-13-23-2;/h6-9H,4-5,10-15H2,1-3H3,(H2,20,21,22);1H. The molecule has 2 rings (SSSR count). The molecular formula is C19H32IN3OS. The van der Waals surface area contributed by atoms with Crippen molar-refractivity contribution in [3.8, 4) is 0 Å². The molecule has 4 nitrogen and oxygen atoms in total. The third-order valence-electron chi connectivity index (χ3n) is 4.80. The first-order chi connectivity index (χ1) is 11.7. The van der Waals surface area contributed by atoms with Gasteiger partial charge in [-0.3, -0.25) is 0 Å². The summed E-state index contributed by atoms with van der Waals surface area (Å²) in [6.07, 6.45) is 7.14. The van der Waals surface area contributed by atoms with Gasteiger partial charge < -0.3 is 15.4 Å². The molecule has 0 aliphatic heterocycles. The third-order valence-corrected chi connectivity index (χ3v) is 5.55. The van der Waals surface area contributed by atoms with E-state index < -0.39 is 0 Å². The van der Waals surface area contributed by atoms with Crippen molar-refractivity contribution in [2.45, 2.75) is 44.0 Å². The first-order valence-electron chi connectivity index (χ1n) is 8.85. The highest BCUT2D eigenvalue weighted by molar-refractivity contribution is 14.0. The second-order valence-corrected chi connectivity index (χ2v) is 7.37. The Balaban J connectivity index is 0.00000312. The van der Waals surface area contributed by atoms with Crippen LogP contribution in [0.3, 0.4) is 0 Å². The number of benzene rings is 1. The maximum atomic E-state index is 5.28. The van der Waals surface area contributed by atoms with Gasteiger partial charge in [-0.15, -0.1) is 35.7 Å². The molecule has 25 heavy (non-hydrogen) atoms. The SMILES string of the molecule is CCNC(=NCc1ccc(SC)cc1)NCC1(CCOC)CCC1.I. The molecule has 0 saturated heterocycles.